The molecule has 0 bridgehead atoms. The fraction of sp³-hybridized carbons (Fsp3) is 0.762. The molecule has 0 spiro atoms. The predicted octanol–water partition coefficient (Wildman–Crippen LogP) is 4.76. The first kappa shape index (κ1) is 15.5. The van der Waals surface area contributed by atoms with Crippen LogP contribution in [0.15, 0.2) is 23.3 Å². The highest BCUT2D eigenvalue weighted by Crippen LogP contribution is 2.66. The van der Waals surface area contributed by atoms with Crippen molar-refractivity contribution in [2.45, 2.75) is 71.3 Å². The van der Waals surface area contributed by atoms with Crippen LogP contribution in [0.5, 0.6) is 0 Å². The number of aliphatic hydroxyl groups excluding tert-OH is 1. The number of allylic oxidation sites excluding steroid dienone is 3. The summed E-state index contributed by atoms with van der Waals surface area (Å²) in [6.07, 6.45) is 13.4. The molecule has 0 saturated heterocycles. The van der Waals surface area contributed by atoms with Gasteiger partial charge in [-0.2, -0.15) is 5.26 Å². The molecule has 23 heavy (non-hydrogen) atoms. The average molecular weight is 311 g/mol. The number of hydrogen-bond donors (Lipinski definition) is 1. The summed E-state index contributed by atoms with van der Waals surface area (Å²) >= 11 is 0. The van der Waals surface area contributed by atoms with Crippen LogP contribution in [0.3, 0.4) is 0 Å². The van der Waals surface area contributed by atoms with Gasteiger partial charge in [-0.3, -0.25) is 0 Å². The van der Waals surface area contributed by atoms with Crippen molar-refractivity contribution in [2.75, 3.05) is 0 Å². The van der Waals surface area contributed by atoms with Crippen LogP contribution in [0.25, 0.3) is 0 Å². The highest BCUT2D eigenvalue weighted by molar-refractivity contribution is 5.31. The Hall–Kier alpha value is -1.07. The second-order valence-corrected chi connectivity index (χ2v) is 8.92. The van der Waals surface area contributed by atoms with Gasteiger partial charge in [0.25, 0.3) is 0 Å². The molecule has 0 unspecified atom stereocenters. The topological polar surface area (TPSA) is 44.0 Å². The van der Waals surface area contributed by atoms with Crippen molar-refractivity contribution >= 4 is 0 Å². The van der Waals surface area contributed by atoms with Crippen LogP contribution in [0.1, 0.15) is 65.2 Å². The lowest BCUT2D eigenvalue weighted by Gasteiger charge is -2.58. The lowest BCUT2D eigenvalue weighted by Crippen LogP contribution is -2.49. The molecular weight excluding hydrogens is 282 g/mol. The van der Waals surface area contributed by atoms with Crippen molar-refractivity contribution in [1.82, 2.24) is 0 Å². The number of fused-ring (bicyclic) bond motifs is 5. The number of hydrogen-bond acceptors (Lipinski definition) is 2. The Morgan fingerprint density at radius 1 is 1.09 bits per heavy atom. The summed E-state index contributed by atoms with van der Waals surface area (Å²) in [5.74, 6) is 2.37. The van der Waals surface area contributed by atoms with Crippen molar-refractivity contribution in [3.63, 3.8) is 0 Å². The summed E-state index contributed by atoms with van der Waals surface area (Å²) in [5.41, 5.74) is 3.58. The molecule has 4 aliphatic rings. The maximum atomic E-state index is 10.0. The van der Waals surface area contributed by atoms with E-state index in [9.17, 15) is 5.11 Å². The monoisotopic (exact) mass is 311 g/mol. The number of nitrogens with zero attached hydrogens (tertiary/aromatic N) is 1. The minimum absolute atomic E-state index is 0.208. The van der Waals surface area contributed by atoms with Crippen LogP contribution >= 0.6 is 0 Å². The van der Waals surface area contributed by atoms with E-state index in [0.717, 1.165) is 37.0 Å². The number of aliphatic hydroxyl groups is 1. The van der Waals surface area contributed by atoms with Gasteiger partial charge in [0.1, 0.15) is 0 Å². The van der Waals surface area contributed by atoms with Crippen LogP contribution in [0.2, 0.25) is 0 Å². The Balaban J connectivity index is 1.67. The Morgan fingerprint density at radius 3 is 2.61 bits per heavy atom. The minimum atomic E-state index is -0.208. The lowest BCUT2D eigenvalue weighted by molar-refractivity contribution is -0.0313. The number of nitriles is 1. The van der Waals surface area contributed by atoms with Crippen LogP contribution in [0, 0.1) is 39.9 Å². The van der Waals surface area contributed by atoms with Crippen molar-refractivity contribution < 1.29 is 5.11 Å². The highest BCUT2D eigenvalue weighted by Gasteiger charge is 2.57. The molecule has 2 heteroatoms. The summed E-state index contributed by atoms with van der Waals surface area (Å²) in [6, 6.07) is 2.30. The molecule has 0 aromatic carbocycles. The first-order valence-electron chi connectivity index (χ1n) is 9.47. The Morgan fingerprint density at radius 2 is 1.83 bits per heavy atom. The van der Waals surface area contributed by atoms with Gasteiger partial charge in [-0.05, 0) is 80.0 Å². The standard InChI is InChI=1S/C21H29NO/c1-20-11-8-19-17(18(20)6-4-14(20)9-12-22)5-3-15-13-16(23)7-10-21(15,19)2/h9,13,16-19,23H,3-8,10-11H2,1-2H3/b14-9-/t16-,17+,18+,19+,20-,21+/m1/s1. The van der Waals surface area contributed by atoms with E-state index in [0.29, 0.717) is 5.41 Å². The van der Waals surface area contributed by atoms with Gasteiger partial charge < -0.3 is 5.11 Å². The summed E-state index contributed by atoms with van der Waals surface area (Å²) in [7, 11) is 0. The second kappa shape index (κ2) is 5.21. The van der Waals surface area contributed by atoms with Crippen molar-refractivity contribution in [3.05, 3.63) is 23.3 Å². The van der Waals surface area contributed by atoms with E-state index in [-0.39, 0.29) is 11.5 Å². The van der Waals surface area contributed by atoms with Crippen LogP contribution in [-0.2, 0) is 0 Å². The minimum Gasteiger partial charge on any atom is -0.389 e. The van der Waals surface area contributed by atoms with Gasteiger partial charge >= 0.3 is 0 Å². The van der Waals surface area contributed by atoms with E-state index in [1.165, 1.54) is 37.7 Å². The molecule has 0 aromatic heterocycles. The summed E-state index contributed by atoms with van der Waals surface area (Å²) in [5, 5.41) is 19.2. The summed E-state index contributed by atoms with van der Waals surface area (Å²) in [4.78, 5) is 0. The zero-order valence-electron chi connectivity index (χ0n) is 14.5. The van der Waals surface area contributed by atoms with Gasteiger partial charge in [-0.25, -0.2) is 0 Å². The van der Waals surface area contributed by atoms with Gasteiger partial charge in [0.15, 0.2) is 0 Å². The van der Waals surface area contributed by atoms with Gasteiger partial charge in [0.2, 0.25) is 0 Å². The van der Waals surface area contributed by atoms with Gasteiger partial charge in [-0.15, -0.1) is 0 Å². The fourth-order valence-electron chi connectivity index (χ4n) is 6.87. The van der Waals surface area contributed by atoms with Crippen molar-refractivity contribution in [3.8, 4) is 6.07 Å². The van der Waals surface area contributed by atoms with Crippen LogP contribution < -0.4 is 0 Å². The zero-order valence-corrected chi connectivity index (χ0v) is 14.5. The third kappa shape index (κ3) is 2.09. The van der Waals surface area contributed by atoms with Gasteiger partial charge in [0, 0.05) is 6.08 Å². The summed E-state index contributed by atoms with van der Waals surface area (Å²) < 4.78 is 0. The van der Waals surface area contributed by atoms with E-state index in [1.54, 1.807) is 5.57 Å². The molecular formula is C21H29NO. The molecule has 0 aromatic rings. The Labute approximate surface area is 140 Å². The molecule has 4 aliphatic carbocycles. The van der Waals surface area contributed by atoms with E-state index in [1.807, 2.05) is 6.08 Å². The third-order valence-electron chi connectivity index (χ3n) is 8.18. The van der Waals surface area contributed by atoms with Gasteiger partial charge in [0.05, 0.1) is 12.2 Å². The molecule has 124 valence electrons. The zero-order chi connectivity index (χ0) is 16.2. The molecule has 4 rings (SSSR count). The first-order chi connectivity index (χ1) is 11.0. The molecule has 3 saturated carbocycles. The SMILES string of the molecule is C[C@]12CC[C@@H](O)C=C1CC[C@@H]1[C@@H]2CC[C@]2(C)/C(=C\C#N)CC[C@@H]12. The van der Waals surface area contributed by atoms with E-state index < -0.39 is 0 Å². The summed E-state index contributed by atoms with van der Waals surface area (Å²) in [6.45, 7) is 4.91. The first-order valence-corrected chi connectivity index (χ1v) is 9.47. The smallest absolute Gasteiger partial charge is 0.0911 e. The van der Waals surface area contributed by atoms with Crippen molar-refractivity contribution in [1.29, 1.82) is 5.26 Å². The second-order valence-electron chi connectivity index (χ2n) is 8.92. The quantitative estimate of drug-likeness (QED) is 0.518. The molecule has 3 fully saturated rings. The number of rotatable bonds is 0. The van der Waals surface area contributed by atoms with E-state index >= 15 is 0 Å². The third-order valence-corrected chi connectivity index (χ3v) is 8.18. The highest BCUT2D eigenvalue weighted by atomic mass is 16.3. The molecule has 0 radical (unpaired) electrons. The van der Waals surface area contributed by atoms with E-state index in [2.05, 4.69) is 26.0 Å². The lowest BCUT2D eigenvalue weighted by atomic mass is 9.47. The predicted molar refractivity (Wildman–Crippen MR) is 91.4 cm³/mol. The molecule has 0 aliphatic heterocycles. The van der Waals surface area contributed by atoms with Crippen LogP contribution in [0.4, 0.5) is 0 Å². The van der Waals surface area contributed by atoms with E-state index in [4.69, 9.17) is 5.26 Å². The molecule has 6 atom stereocenters. The fourth-order valence-corrected chi connectivity index (χ4v) is 6.87. The Bertz CT molecular complexity index is 612. The molecule has 0 heterocycles. The Kier molecular flexibility index (Phi) is 3.50. The molecule has 0 amide bonds. The molecule has 2 nitrogen and oxygen atoms in total. The normalized spacial score (nSPS) is 50.5. The maximum Gasteiger partial charge on any atom is 0.0911 e. The van der Waals surface area contributed by atoms with Crippen LogP contribution in [-0.4, -0.2) is 11.2 Å². The molecule has 1 N–H and O–H groups in total. The maximum absolute atomic E-state index is 10.0. The average Bonchev–Trinajstić information content (AvgIpc) is 2.85. The van der Waals surface area contributed by atoms with Crippen molar-refractivity contribution in [2.24, 2.45) is 28.6 Å². The largest absolute Gasteiger partial charge is 0.389 e. The van der Waals surface area contributed by atoms with Gasteiger partial charge in [-0.1, -0.05) is 31.1 Å².